The average molecular weight is 337 g/mol. The molecule has 1 fully saturated rings. The third-order valence-electron chi connectivity index (χ3n) is 2.99. The fourth-order valence-corrected chi connectivity index (χ4v) is 2.14. The maximum atomic E-state index is 12.3. The molecule has 4 nitrogen and oxygen atoms in total. The number of likely N-dealkylation sites (tertiary alicyclic amines) is 1. The van der Waals surface area contributed by atoms with E-state index >= 15 is 0 Å². The molecule has 5 heteroatoms. The SMILES string of the molecule is C=C[CH-]N(C[CH2-])C(=O)[C@@H]1CCCN1C(=O)CC=C.[Y]. The van der Waals surface area contributed by atoms with E-state index in [4.69, 9.17) is 0 Å². The van der Waals surface area contributed by atoms with Crippen LogP contribution in [-0.4, -0.2) is 40.7 Å². The van der Waals surface area contributed by atoms with Crippen LogP contribution in [0.25, 0.3) is 0 Å². The van der Waals surface area contributed by atoms with Gasteiger partial charge in [0.05, 0.1) is 0 Å². The van der Waals surface area contributed by atoms with Gasteiger partial charge in [-0.15, -0.1) is 19.7 Å². The summed E-state index contributed by atoms with van der Waals surface area (Å²) in [4.78, 5) is 27.3. The predicted octanol–water partition coefficient (Wildman–Crippen LogP) is 1.56. The quantitative estimate of drug-likeness (QED) is 0.545. The molecule has 0 saturated carbocycles. The van der Waals surface area contributed by atoms with Crippen LogP contribution in [0.1, 0.15) is 19.3 Å². The number of nitrogens with zero attached hydrogens (tertiary/aromatic N) is 2. The largest absolute Gasteiger partial charge is 0.425 e. The van der Waals surface area contributed by atoms with Crippen molar-refractivity contribution in [1.82, 2.24) is 9.80 Å². The molecule has 1 aliphatic heterocycles. The first-order valence-corrected chi connectivity index (χ1v) is 6.11. The summed E-state index contributed by atoms with van der Waals surface area (Å²) < 4.78 is 0. The Bertz CT molecular complexity index is 344. The summed E-state index contributed by atoms with van der Waals surface area (Å²) >= 11 is 0. The number of carbonyl (C=O) groups is 2. The zero-order valence-electron chi connectivity index (χ0n) is 11.3. The minimum absolute atomic E-state index is 0. The summed E-state index contributed by atoms with van der Waals surface area (Å²) in [5.41, 5.74) is 0. The van der Waals surface area contributed by atoms with Crippen LogP contribution in [0.3, 0.4) is 0 Å². The molecule has 2 amide bonds. The molecule has 0 bridgehead atoms. The molecule has 1 radical (unpaired) electrons. The van der Waals surface area contributed by atoms with E-state index in [1.54, 1.807) is 23.6 Å². The first kappa shape index (κ1) is 18.4. The van der Waals surface area contributed by atoms with Gasteiger partial charge in [-0.05, 0) is 12.8 Å². The fraction of sp³-hybridized carbons (Fsp3) is 0.429. The third kappa shape index (κ3) is 4.77. The van der Waals surface area contributed by atoms with E-state index in [2.05, 4.69) is 20.1 Å². The number of amides is 2. The van der Waals surface area contributed by atoms with E-state index in [1.807, 2.05) is 0 Å². The topological polar surface area (TPSA) is 40.6 Å². The molecule has 0 aromatic rings. The molecular formula is C14H20N2O2Y-2. The van der Waals surface area contributed by atoms with Gasteiger partial charge in [-0.1, -0.05) is 6.08 Å². The molecule has 0 aromatic carbocycles. The Hall–Kier alpha value is -0.606. The van der Waals surface area contributed by atoms with Gasteiger partial charge < -0.3 is 16.7 Å². The zero-order valence-corrected chi connectivity index (χ0v) is 14.1. The van der Waals surface area contributed by atoms with Crippen molar-refractivity contribution >= 4 is 11.8 Å². The molecule has 103 valence electrons. The summed E-state index contributed by atoms with van der Waals surface area (Å²) in [5.74, 6) is -0.122. The second-order valence-corrected chi connectivity index (χ2v) is 4.15. The molecule has 1 saturated heterocycles. The van der Waals surface area contributed by atoms with Crippen molar-refractivity contribution in [2.45, 2.75) is 25.3 Å². The van der Waals surface area contributed by atoms with E-state index in [0.29, 0.717) is 19.5 Å². The van der Waals surface area contributed by atoms with Crippen molar-refractivity contribution in [2.24, 2.45) is 0 Å². The minimum atomic E-state index is -0.365. The van der Waals surface area contributed by atoms with Crippen LogP contribution in [0.2, 0.25) is 0 Å². The van der Waals surface area contributed by atoms with Gasteiger partial charge in [0.2, 0.25) is 11.8 Å². The smallest absolute Gasteiger partial charge is 0.231 e. The van der Waals surface area contributed by atoms with Crippen molar-refractivity contribution < 1.29 is 42.3 Å². The Morgan fingerprint density at radius 2 is 2.16 bits per heavy atom. The van der Waals surface area contributed by atoms with Crippen molar-refractivity contribution in [1.29, 1.82) is 0 Å². The molecular weight excluding hydrogens is 317 g/mol. The molecule has 0 aromatic heterocycles. The molecule has 0 aliphatic carbocycles. The normalized spacial score (nSPS) is 17.3. The average Bonchev–Trinajstić information content (AvgIpc) is 2.84. The van der Waals surface area contributed by atoms with Gasteiger partial charge in [-0.25, -0.2) is 12.7 Å². The van der Waals surface area contributed by atoms with Gasteiger partial charge in [0.25, 0.3) is 0 Å². The second kappa shape index (κ2) is 9.32. The molecule has 1 rings (SSSR count). The zero-order chi connectivity index (χ0) is 13.5. The molecule has 1 heterocycles. The summed E-state index contributed by atoms with van der Waals surface area (Å²) in [5, 5.41) is 0. The molecule has 1 atom stereocenters. The van der Waals surface area contributed by atoms with E-state index in [0.717, 1.165) is 6.42 Å². The summed E-state index contributed by atoms with van der Waals surface area (Å²) in [6, 6.07) is -0.365. The van der Waals surface area contributed by atoms with Gasteiger partial charge in [-0.3, -0.25) is 9.59 Å². The number of rotatable bonds is 6. The Labute approximate surface area is 140 Å². The van der Waals surface area contributed by atoms with E-state index in [-0.39, 0.29) is 57.0 Å². The summed E-state index contributed by atoms with van der Waals surface area (Å²) in [6.07, 6.45) is 4.96. The molecule has 0 N–H and O–H groups in total. The van der Waals surface area contributed by atoms with Gasteiger partial charge >= 0.3 is 0 Å². The number of carbonyl (C=O) groups excluding carboxylic acids is 2. The monoisotopic (exact) mass is 337 g/mol. The van der Waals surface area contributed by atoms with Crippen LogP contribution in [0, 0.1) is 13.5 Å². The molecule has 1 aliphatic rings. The van der Waals surface area contributed by atoms with Gasteiger partial charge in [-0.2, -0.15) is 0 Å². The van der Waals surface area contributed by atoms with Crippen LogP contribution in [0.4, 0.5) is 0 Å². The maximum Gasteiger partial charge on any atom is 0.231 e. The predicted molar refractivity (Wildman–Crippen MR) is 71.1 cm³/mol. The summed E-state index contributed by atoms with van der Waals surface area (Å²) in [7, 11) is 0. The number of hydrogen-bond acceptors (Lipinski definition) is 2. The van der Waals surface area contributed by atoms with Gasteiger partial charge in [0.15, 0.2) is 0 Å². The molecule has 19 heavy (non-hydrogen) atoms. The molecule has 0 unspecified atom stereocenters. The fourth-order valence-electron chi connectivity index (χ4n) is 2.14. The van der Waals surface area contributed by atoms with Gasteiger partial charge in [0, 0.05) is 45.7 Å². The molecule has 0 spiro atoms. The van der Waals surface area contributed by atoms with Crippen LogP contribution in [-0.2, 0) is 42.3 Å². The van der Waals surface area contributed by atoms with E-state index < -0.39 is 0 Å². The Morgan fingerprint density at radius 3 is 2.68 bits per heavy atom. The Morgan fingerprint density at radius 1 is 1.47 bits per heavy atom. The number of hydrogen-bond donors (Lipinski definition) is 0. The van der Waals surface area contributed by atoms with E-state index in [1.165, 1.54) is 4.90 Å². The van der Waals surface area contributed by atoms with Crippen molar-refractivity contribution in [2.75, 3.05) is 13.1 Å². The first-order valence-electron chi connectivity index (χ1n) is 6.11. The minimum Gasteiger partial charge on any atom is -0.425 e. The van der Waals surface area contributed by atoms with Crippen LogP contribution in [0.15, 0.2) is 25.3 Å². The Balaban J connectivity index is 0.00000324. The standard InChI is InChI=1S/C14H20N2O2.Y/c1-4-8-13(17)16-11-7-9-12(16)14(18)15(6-3)10-5-2;/h4-5,10,12H,1-3,6-9,11H2;/q-2;/t12-;/m0./s1. The van der Waals surface area contributed by atoms with E-state index in [9.17, 15) is 9.59 Å². The van der Waals surface area contributed by atoms with Crippen molar-refractivity contribution in [3.8, 4) is 0 Å². The van der Waals surface area contributed by atoms with Gasteiger partial charge in [0.1, 0.15) is 6.04 Å². The second-order valence-electron chi connectivity index (χ2n) is 4.15. The summed E-state index contributed by atoms with van der Waals surface area (Å²) in [6.45, 7) is 13.4. The maximum absolute atomic E-state index is 12.3. The van der Waals surface area contributed by atoms with Crippen molar-refractivity contribution in [3.05, 3.63) is 38.8 Å². The van der Waals surface area contributed by atoms with Crippen LogP contribution < -0.4 is 0 Å². The van der Waals surface area contributed by atoms with Crippen LogP contribution >= 0.6 is 0 Å². The third-order valence-corrected chi connectivity index (χ3v) is 2.99. The van der Waals surface area contributed by atoms with Crippen molar-refractivity contribution in [3.63, 3.8) is 0 Å². The Kier molecular flexibility index (Phi) is 9.02. The van der Waals surface area contributed by atoms with Crippen LogP contribution in [0.5, 0.6) is 0 Å². The first-order chi connectivity index (χ1) is 8.65.